The summed E-state index contributed by atoms with van der Waals surface area (Å²) in [4.78, 5) is 72.1. The first-order valence-electron chi connectivity index (χ1n) is 18.3. The SMILES string of the molecule is CC#CC#CC#CC#CC(=O)OC[C@H](COP(=O)(O)OC1C(O)[C@H](OP(=O)(O)O)C(O)C(OP(=O)(O)O)[C@@H]1O)OC(=O)CCCCCCCCCCCCCCC.S.[HH].[HH].[HH].[HH].[HH].[HH].[HH]. The van der Waals surface area contributed by atoms with Gasteiger partial charge in [0.2, 0.25) is 0 Å². The molecule has 0 bridgehead atoms. The first-order chi connectivity index (χ1) is 26.8. The number of unbranched alkanes of at least 4 members (excludes halogenated alkanes) is 12. The molecule has 0 aliphatic heterocycles. The Morgan fingerprint density at radius 3 is 1.48 bits per heavy atom. The molecule has 8 atom stereocenters. The van der Waals surface area contributed by atoms with E-state index in [4.69, 9.17) is 18.5 Å². The van der Waals surface area contributed by atoms with Crippen LogP contribution in [0.15, 0.2) is 0 Å². The van der Waals surface area contributed by atoms with Crippen molar-refractivity contribution in [1.82, 2.24) is 0 Å². The average Bonchev–Trinajstić information content (AvgIpc) is 3.12. The van der Waals surface area contributed by atoms with Gasteiger partial charge < -0.3 is 49.3 Å². The Bertz CT molecular complexity index is 1650. The van der Waals surface area contributed by atoms with Crippen LogP contribution in [-0.4, -0.2) is 108 Å². The molecule has 19 nitrogen and oxygen atoms in total. The first-order valence-corrected chi connectivity index (χ1v) is 22.8. The third-order valence-electron chi connectivity index (χ3n) is 8.00. The van der Waals surface area contributed by atoms with E-state index in [1.54, 1.807) is 6.92 Å². The summed E-state index contributed by atoms with van der Waals surface area (Å²) >= 11 is 0. The van der Waals surface area contributed by atoms with Crippen molar-refractivity contribution in [2.75, 3.05) is 13.2 Å². The fourth-order valence-electron chi connectivity index (χ4n) is 5.34. The number of rotatable bonds is 26. The van der Waals surface area contributed by atoms with Crippen LogP contribution in [0.1, 0.15) is 114 Å². The van der Waals surface area contributed by atoms with Gasteiger partial charge in [0.05, 0.1) is 6.61 Å². The van der Waals surface area contributed by atoms with Gasteiger partial charge in [-0.2, -0.15) is 13.5 Å². The van der Waals surface area contributed by atoms with E-state index in [2.05, 4.69) is 57.4 Å². The van der Waals surface area contributed by atoms with Crippen LogP contribution in [0, 0.1) is 47.4 Å². The van der Waals surface area contributed by atoms with Crippen LogP contribution < -0.4 is 0 Å². The summed E-state index contributed by atoms with van der Waals surface area (Å²) in [5.74, 6) is 16.6. The van der Waals surface area contributed by atoms with E-state index < -0.39 is 91.3 Å². The van der Waals surface area contributed by atoms with Crippen LogP contribution >= 0.6 is 37.0 Å². The van der Waals surface area contributed by atoms with Gasteiger partial charge in [-0.1, -0.05) is 89.9 Å². The number of hydrogen-bond donors (Lipinski definition) is 8. The second-order valence-electron chi connectivity index (χ2n) is 12.8. The minimum Gasteiger partial charge on any atom is -0.456 e. The van der Waals surface area contributed by atoms with Crippen LogP contribution in [0.3, 0.4) is 0 Å². The maximum atomic E-state index is 13.0. The normalized spacial score (nSPS) is 21.7. The van der Waals surface area contributed by atoms with E-state index in [0.717, 1.165) is 25.7 Å². The van der Waals surface area contributed by atoms with Crippen molar-refractivity contribution in [3.63, 3.8) is 0 Å². The van der Waals surface area contributed by atoms with Gasteiger partial charge in [-0.3, -0.25) is 22.9 Å². The van der Waals surface area contributed by atoms with Gasteiger partial charge in [-0.25, -0.2) is 18.5 Å². The zero-order valence-corrected chi connectivity index (χ0v) is 35.9. The molecule has 0 aromatic heterocycles. The highest BCUT2D eigenvalue weighted by Crippen LogP contribution is 2.51. The van der Waals surface area contributed by atoms with Crippen molar-refractivity contribution < 1.29 is 101 Å². The van der Waals surface area contributed by atoms with E-state index in [0.29, 0.717) is 12.8 Å². The van der Waals surface area contributed by atoms with Crippen molar-refractivity contribution in [2.24, 2.45) is 0 Å². The predicted octanol–water partition coefficient (Wildman–Crippen LogP) is 4.35. The van der Waals surface area contributed by atoms with Crippen molar-refractivity contribution in [1.29, 1.82) is 0 Å². The third-order valence-corrected chi connectivity index (χ3v) is 10.0. The molecular formula is C35H69O19P3S. The van der Waals surface area contributed by atoms with Crippen molar-refractivity contribution in [2.45, 2.75) is 146 Å². The number of phosphoric ester groups is 3. The van der Waals surface area contributed by atoms with E-state index in [1.165, 1.54) is 44.9 Å². The average molecular weight is 919 g/mol. The van der Waals surface area contributed by atoms with Gasteiger partial charge in [0.1, 0.15) is 43.2 Å². The number of hydrogen-bond acceptors (Lipinski definition) is 14. The fraction of sp³-hybridized carbons (Fsp3) is 0.714. The highest BCUT2D eigenvalue weighted by Gasteiger charge is 2.56. The smallest absolute Gasteiger partial charge is 0.456 e. The van der Waals surface area contributed by atoms with Crippen LogP contribution in [0.5, 0.6) is 0 Å². The van der Waals surface area contributed by atoms with E-state index in [-0.39, 0.29) is 29.9 Å². The molecule has 0 saturated heterocycles. The van der Waals surface area contributed by atoms with Crippen molar-refractivity contribution >= 4 is 48.9 Å². The number of carbonyl (C=O) groups is 2. The minimum absolute atomic E-state index is 0. The Balaban J connectivity index is -0.000000677. The summed E-state index contributed by atoms with van der Waals surface area (Å²) in [6.45, 7) is 1.96. The molecule has 0 aromatic rings. The summed E-state index contributed by atoms with van der Waals surface area (Å²) in [5, 5.41) is 31.6. The largest absolute Gasteiger partial charge is 0.472 e. The third kappa shape index (κ3) is 26.1. The predicted molar refractivity (Wildman–Crippen MR) is 226 cm³/mol. The number of aliphatic hydroxyl groups excluding tert-OH is 3. The Hall–Kier alpha value is -2.26. The van der Waals surface area contributed by atoms with Gasteiger partial charge in [0.15, 0.2) is 6.10 Å². The lowest BCUT2D eigenvalue weighted by Crippen LogP contribution is -2.65. The molecule has 5 unspecified atom stereocenters. The van der Waals surface area contributed by atoms with Crippen LogP contribution in [0.4, 0.5) is 0 Å². The summed E-state index contributed by atoms with van der Waals surface area (Å²) in [7, 11) is -16.7. The first kappa shape index (κ1) is 55.7. The molecule has 1 aliphatic rings. The second-order valence-corrected chi connectivity index (χ2v) is 16.5. The summed E-state index contributed by atoms with van der Waals surface area (Å²) in [6, 6.07) is 0. The summed E-state index contributed by atoms with van der Waals surface area (Å²) < 4.78 is 64.3. The Morgan fingerprint density at radius 1 is 0.621 bits per heavy atom. The monoisotopic (exact) mass is 918 g/mol. The van der Waals surface area contributed by atoms with Gasteiger partial charge in [-0.15, -0.1) is 0 Å². The molecular weight excluding hydrogens is 849 g/mol. The fourth-order valence-corrected chi connectivity index (χ4v) is 7.45. The molecule has 344 valence electrons. The molecule has 1 aliphatic carbocycles. The lowest BCUT2D eigenvalue weighted by atomic mass is 9.85. The zero-order valence-electron chi connectivity index (χ0n) is 32.3. The van der Waals surface area contributed by atoms with Gasteiger partial charge in [0, 0.05) is 22.3 Å². The lowest BCUT2D eigenvalue weighted by molar-refractivity contribution is -0.213. The van der Waals surface area contributed by atoms with Crippen LogP contribution in [0.2, 0.25) is 0 Å². The molecule has 1 saturated carbocycles. The second kappa shape index (κ2) is 29.9. The standard InChI is InChI=1S/C35H53O19P3.H2S.7H2/c1-3-5-7-9-11-12-13-14-15-16-18-20-22-24-29(37)51-27(25-49-28(36)23-21-19-17-10-8-6-4-2)26-50-57(47,48)54-35-31(39)33(52-55(41,42)43)30(38)34(32(35)40)53-56(44,45)46;;;;;;;;/h27,30-35,38-40H,3,5,7,9,11-16,18,20,22,24-26H2,1-2H3,(H,47,48)(H2,41,42,43)(H2,44,45,46);1H2;7*1H/t27-,30?,31+,32?,33?,34-,35?;;;;;;;;/m1......../s1. The van der Waals surface area contributed by atoms with Crippen molar-refractivity contribution in [3.05, 3.63) is 0 Å². The zero-order chi connectivity index (χ0) is 42.9. The topological polar surface area (TPSA) is 303 Å². The van der Waals surface area contributed by atoms with E-state index in [1.807, 2.05) is 5.92 Å². The number of carbonyl (C=O) groups excluding carboxylic acids is 2. The number of esters is 2. The van der Waals surface area contributed by atoms with E-state index >= 15 is 0 Å². The molecule has 23 heteroatoms. The molecule has 0 spiro atoms. The molecule has 0 aromatic carbocycles. The number of phosphoric acid groups is 3. The van der Waals surface area contributed by atoms with Crippen molar-refractivity contribution in [3.8, 4) is 47.4 Å². The molecule has 1 fully saturated rings. The van der Waals surface area contributed by atoms with Crippen LogP contribution in [-0.2, 0) is 50.9 Å². The Kier molecular flexibility index (Phi) is 28.7. The lowest BCUT2D eigenvalue weighted by Gasteiger charge is -2.44. The molecule has 1 rings (SSSR count). The summed E-state index contributed by atoms with van der Waals surface area (Å²) in [6.07, 6.45) is -2.85. The van der Waals surface area contributed by atoms with Gasteiger partial charge >= 0.3 is 35.4 Å². The molecule has 0 heterocycles. The number of ether oxygens (including phenoxy) is 2. The van der Waals surface area contributed by atoms with Gasteiger partial charge in [0.25, 0.3) is 0 Å². The maximum Gasteiger partial charge on any atom is 0.472 e. The Morgan fingerprint density at radius 2 is 1.03 bits per heavy atom. The van der Waals surface area contributed by atoms with E-state index in [9.17, 15) is 63.1 Å². The highest BCUT2D eigenvalue weighted by atomic mass is 32.1. The molecule has 0 radical (unpaired) electrons. The Labute approximate surface area is 356 Å². The highest BCUT2D eigenvalue weighted by molar-refractivity contribution is 7.59. The molecule has 58 heavy (non-hydrogen) atoms. The quantitative estimate of drug-likeness (QED) is 0.0197. The van der Waals surface area contributed by atoms with Crippen LogP contribution in [0.25, 0.3) is 0 Å². The minimum atomic E-state index is -5.57. The number of aliphatic hydroxyl groups is 3. The molecule has 0 amide bonds. The maximum absolute atomic E-state index is 13.0. The molecule has 8 N–H and O–H groups in total. The summed E-state index contributed by atoms with van der Waals surface area (Å²) in [5.41, 5.74) is 0. The van der Waals surface area contributed by atoms with Gasteiger partial charge in [-0.05, 0) is 48.9 Å².